The van der Waals surface area contributed by atoms with Crippen LogP contribution in [-0.2, 0) is 11.2 Å². The zero-order chi connectivity index (χ0) is 17.6. The lowest BCUT2D eigenvalue weighted by molar-refractivity contribution is -0.130. The minimum absolute atomic E-state index is 0.173. The van der Waals surface area contributed by atoms with E-state index in [0.29, 0.717) is 25.3 Å². The molecule has 5 heteroatoms. The van der Waals surface area contributed by atoms with Crippen molar-refractivity contribution in [2.75, 3.05) is 39.3 Å². The number of hydrogen-bond donors (Lipinski definition) is 1. The van der Waals surface area contributed by atoms with Crippen LogP contribution in [0.3, 0.4) is 0 Å². The molecule has 2 saturated heterocycles. The SMILES string of the molecule is O=C(CCc1ccccc1Cl)N1C[C@@H](CN2CCCCC2)[C@@H](CO)C1. The zero-order valence-corrected chi connectivity index (χ0v) is 15.6. The maximum absolute atomic E-state index is 12.6. The first kappa shape index (κ1) is 18.7. The van der Waals surface area contributed by atoms with E-state index in [1.807, 2.05) is 29.2 Å². The number of amides is 1. The lowest BCUT2D eigenvalue weighted by atomic mass is 9.95. The molecule has 0 unspecified atom stereocenters. The van der Waals surface area contributed by atoms with E-state index < -0.39 is 0 Å². The number of piperidine rings is 1. The van der Waals surface area contributed by atoms with Gasteiger partial charge in [-0.3, -0.25) is 4.79 Å². The van der Waals surface area contributed by atoms with Gasteiger partial charge in [0, 0.05) is 43.6 Å². The number of rotatable bonds is 6. The third kappa shape index (κ3) is 4.96. The quantitative estimate of drug-likeness (QED) is 0.844. The Balaban J connectivity index is 1.52. The van der Waals surface area contributed by atoms with Gasteiger partial charge in [0.05, 0.1) is 0 Å². The van der Waals surface area contributed by atoms with E-state index in [2.05, 4.69) is 4.90 Å². The largest absolute Gasteiger partial charge is 0.396 e. The molecule has 2 fully saturated rings. The number of aryl methyl sites for hydroxylation is 1. The maximum Gasteiger partial charge on any atom is 0.222 e. The predicted molar refractivity (Wildman–Crippen MR) is 101 cm³/mol. The first-order valence-corrected chi connectivity index (χ1v) is 9.89. The molecule has 0 bridgehead atoms. The summed E-state index contributed by atoms with van der Waals surface area (Å²) in [5, 5.41) is 10.5. The fourth-order valence-corrected chi connectivity index (χ4v) is 4.36. The van der Waals surface area contributed by atoms with E-state index in [4.69, 9.17) is 11.6 Å². The Labute approximate surface area is 155 Å². The van der Waals surface area contributed by atoms with E-state index in [1.165, 1.54) is 19.3 Å². The van der Waals surface area contributed by atoms with Crippen LogP contribution in [0.4, 0.5) is 0 Å². The maximum atomic E-state index is 12.6. The summed E-state index contributed by atoms with van der Waals surface area (Å²) < 4.78 is 0. The molecule has 1 N–H and O–H groups in total. The molecule has 0 aliphatic carbocycles. The summed E-state index contributed by atoms with van der Waals surface area (Å²) in [4.78, 5) is 17.1. The molecule has 2 aliphatic rings. The molecule has 0 spiro atoms. The summed E-state index contributed by atoms with van der Waals surface area (Å²) in [6, 6.07) is 7.71. The highest BCUT2D eigenvalue weighted by Crippen LogP contribution is 2.26. The van der Waals surface area contributed by atoms with Crippen LogP contribution in [0.15, 0.2) is 24.3 Å². The van der Waals surface area contributed by atoms with Gasteiger partial charge in [-0.2, -0.15) is 0 Å². The second-order valence-corrected chi connectivity index (χ2v) is 7.86. The molecular weight excluding hydrogens is 336 g/mol. The Morgan fingerprint density at radius 3 is 2.56 bits per heavy atom. The van der Waals surface area contributed by atoms with Crippen molar-refractivity contribution >= 4 is 17.5 Å². The van der Waals surface area contributed by atoms with Crippen LogP contribution >= 0.6 is 11.6 Å². The Kier molecular flexibility index (Phi) is 6.74. The standard InChI is InChI=1S/C20H29ClN2O2/c21-19-7-3-2-6-16(19)8-9-20(25)23-13-17(18(14-23)15-24)12-22-10-4-1-5-11-22/h2-3,6-7,17-18,24H,1,4-5,8-15H2/t17-,18-/m1/s1. The molecule has 1 amide bonds. The fraction of sp³-hybridized carbons (Fsp3) is 0.650. The van der Waals surface area contributed by atoms with Gasteiger partial charge in [0.25, 0.3) is 0 Å². The van der Waals surface area contributed by atoms with Gasteiger partial charge in [0.15, 0.2) is 0 Å². The van der Waals surface area contributed by atoms with E-state index in [1.54, 1.807) is 0 Å². The molecule has 1 aromatic carbocycles. The van der Waals surface area contributed by atoms with Crippen LogP contribution in [0, 0.1) is 11.8 Å². The summed E-state index contributed by atoms with van der Waals surface area (Å²) in [7, 11) is 0. The van der Waals surface area contributed by atoms with Crippen molar-refractivity contribution in [2.45, 2.75) is 32.1 Å². The lowest BCUT2D eigenvalue weighted by Gasteiger charge is -2.30. The van der Waals surface area contributed by atoms with Crippen molar-refractivity contribution < 1.29 is 9.90 Å². The molecule has 25 heavy (non-hydrogen) atoms. The van der Waals surface area contributed by atoms with Crippen molar-refractivity contribution in [3.63, 3.8) is 0 Å². The smallest absolute Gasteiger partial charge is 0.222 e. The average molecular weight is 365 g/mol. The number of aliphatic hydroxyl groups is 1. The van der Waals surface area contributed by atoms with E-state index >= 15 is 0 Å². The first-order chi connectivity index (χ1) is 12.2. The van der Waals surface area contributed by atoms with Gasteiger partial charge in [-0.05, 0) is 49.9 Å². The minimum atomic E-state index is 0.173. The van der Waals surface area contributed by atoms with Gasteiger partial charge in [-0.15, -0.1) is 0 Å². The highest BCUT2D eigenvalue weighted by molar-refractivity contribution is 6.31. The van der Waals surface area contributed by atoms with Crippen molar-refractivity contribution in [3.05, 3.63) is 34.9 Å². The van der Waals surface area contributed by atoms with Crippen molar-refractivity contribution in [1.29, 1.82) is 0 Å². The molecule has 1 aromatic rings. The number of halogens is 1. The van der Waals surface area contributed by atoms with Gasteiger partial charge in [0.2, 0.25) is 5.91 Å². The van der Waals surface area contributed by atoms with Gasteiger partial charge >= 0.3 is 0 Å². The number of carbonyl (C=O) groups is 1. The fourth-order valence-electron chi connectivity index (χ4n) is 4.13. The monoisotopic (exact) mass is 364 g/mol. The number of carbonyl (C=O) groups excluding carboxylic acids is 1. The van der Waals surface area contributed by atoms with Crippen molar-refractivity contribution in [2.24, 2.45) is 11.8 Å². The van der Waals surface area contributed by atoms with Crippen LogP contribution in [0.25, 0.3) is 0 Å². The third-order valence-corrected chi connectivity index (χ3v) is 6.04. The number of hydrogen-bond acceptors (Lipinski definition) is 3. The summed E-state index contributed by atoms with van der Waals surface area (Å²) >= 11 is 6.18. The number of nitrogens with zero attached hydrogens (tertiary/aromatic N) is 2. The predicted octanol–water partition coefficient (Wildman–Crippen LogP) is 2.83. The van der Waals surface area contributed by atoms with Crippen molar-refractivity contribution in [1.82, 2.24) is 9.80 Å². The second-order valence-electron chi connectivity index (χ2n) is 7.45. The van der Waals surface area contributed by atoms with Gasteiger partial charge in [-0.25, -0.2) is 0 Å². The second kappa shape index (κ2) is 9.02. The Morgan fingerprint density at radius 2 is 1.84 bits per heavy atom. The topological polar surface area (TPSA) is 43.8 Å². The molecule has 0 radical (unpaired) electrons. The van der Waals surface area contributed by atoms with Crippen LogP contribution in [-0.4, -0.2) is 60.1 Å². The zero-order valence-electron chi connectivity index (χ0n) is 14.9. The van der Waals surface area contributed by atoms with Crippen LogP contribution in [0.1, 0.15) is 31.2 Å². The Morgan fingerprint density at radius 1 is 1.12 bits per heavy atom. The number of likely N-dealkylation sites (tertiary alicyclic amines) is 2. The average Bonchev–Trinajstić information content (AvgIpc) is 3.04. The van der Waals surface area contributed by atoms with Gasteiger partial charge in [0.1, 0.15) is 0 Å². The summed E-state index contributed by atoms with van der Waals surface area (Å²) in [6.07, 6.45) is 5.04. The van der Waals surface area contributed by atoms with E-state index in [-0.39, 0.29) is 18.4 Å². The van der Waals surface area contributed by atoms with Crippen molar-refractivity contribution in [3.8, 4) is 0 Å². The molecule has 2 heterocycles. The number of benzene rings is 1. The molecule has 2 atom stereocenters. The van der Waals surface area contributed by atoms with Gasteiger partial charge < -0.3 is 14.9 Å². The van der Waals surface area contributed by atoms with Crippen LogP contribution in [0.2, 0.25) is 5.02 Å². The Hall–Kier alpha value is -1.10. The summed E-state index contributed by atoms with van der Waals surface area (Å²) in [6.45, 7) is 4.98. The molecular formula is C20H29ClN2O2. The summed E-state index contributed by atoms with van der Waals surface area (Å²) in [5.74, 6) is 0.790. The third-order valence-electron chi connectivity index (χ3n) is 5.67. The molecule has 3 rings (SSSR count). The molecule has 138 valence electrons. The molecule has 4 nitrogen and oxygen atoms in total. The highest BCUT2D eigenvalue weighted by Gasteiger charge is 2.35. The molecule has 0 saturated carbocycles. The van der Waals surface area contributed by atoms with Crippen LogP contribution < -0.4 is 0 Å². The Bertz CT molecular complexity index is 575. The highest BCUT2D eigenvalue weighted by atomic mass is 35.5. The first-order valence-electron chi connectivity index (χ1n) is 9.51. The van der Waals surface area contributed by atoms with E-state index in [0.717, 1.165) is 36.8 Å². The molecule has 2 aliphatic heterocycles. The van der Waals surface area contributed by atoms with E-state index in [9.17, 15) is 9.90 Å². The minimum Gasteiger partial charge on any atom is -0.396 e. The lowest BCUT2D eigenvalue weighted by Crippen LogP contribution is -2.37. The number of aliphatic hydroxyl groups excluding tert-OH is 1. The van der Waals surface area contributed by atoms with Crippen LogP contribution in [0.5, 0.6) is 0 Å². The molecule has 0 aromatic heterocycles. The normalized spacial score (nSPS) is 24.6. The van der Waals surface area contributed by atoms with Gasteiger partial charge in [-0.1, -0.05) is 36.2 Å². The summed E-state index contributed by atoms with van der Waals surface area (Å²) in [5.41, 5.74) is 1.03.